The lowest BCUT2D eigenvalue weighted by Crippen LogP contribution is -2.07. The van der Waals surface area contributed by atoms with E-state index < -0.39 is 6.10 Å². The minimum Gasteiger partial charge on any atom is -0.387 e. The summed E-state index contributed by atoms with van der Waals surface area (Å²) in [6.07, 6.45) is 2.95. The van der Waals surface area contributed by atoms with E-state index in [-0.39, 0.29) is 0 Å². The fourth-order valence-electron chi connectivity index (χ4n) is 1.75. The van der Waals surface area contributed by atoms with Crippen LogP contribution in [0.25, 0.3) is 0 Å². The van der Waals surface area contributed by atoms with Crippen LogP contribution in [0.15, 0.2) is 12.3 Å². The minimum absolute atomic E-state index is 0.391. The molecule has 1 N–H and O–H groups in total. The van der Waals surface area contributed by atoms with E-state index in [0.717, 1.165) is 22.7 Å². The molecule has 2 heterocycles. The van der Waals surface area contributed by atoms with Crippen LogP contribution in [0.1, 0.15) is 48.7 Å². The predicted molar refractivity (Wildman–Crippen MR) is 70.5 cm³/mol. The monoisotopic (exact) mass is 266 g/mol. The zero-order valence-electron chi connectivity index (χ0n) is 10.9. The van der Waals surface area contributed by atoms with E-state index in [2.05, 4.69) is 28.5 Å². The topological polar surface area (TPSA) is 63.8 Å². The van der Waals surface area contributed by atoms with Crippen molar-refractivity contribution in [1.82, 2.24) is 19.4 Å². The molecule has 0 spiro atoms. The van der Waals surface area contributed by atoms with Crippen molar-refractivity contribution in [3.05, 3.63) is 28.5 Å². The highest BCUT2D eigenvalue weighted by Gasteiger charge is 2.16. The summed E-state index contributed by atoms with van der Waals surface area (Å²) in [7, 11) is 0. The van der Waals surface area contributed by atoms with Gasteiger partial charge in [0.05, 0.1) is 22.4 Å². The van der Waals surface area contributed by atoms with Crippen LogP contribution in [0.3, 0.4) is 0 Å². The van der Waals surface area contributed by atoms with Crippen LogP contribution in [0.4, 0.5) is 0 Å². The van der Waals surface area contributed by atoms with Gasteiger partial charge in [0.1, 0.15) is 0 Å². The summed E-state index contributed by atoms with van der Waals surface area (Å²) in [4.78, 5) is 0.827. The zero-order valence-corrected chi connectivity index (χ0v) is 11.7. The van der Waals surface area contributed by atoms with Gasteiger partial charge in [-0.25, -0.2) is 0 Å². The molecule has 0 aliphatic rings. The van der Waals surface area contributed by atoms with E-state index in [0.29, 0.717) is 12.5 Å². The molecule has 0 saturated carbocycles. The second-order valence-corrected chi connectivity index (χ2v) is 5.27. The van der Waals surface area contributed by atoms with E-state index >= 15 is 0 Å². The molecule has 0 amide bonds. The fourth-order valence-corrected chi connectivity index (χ4v) is 2.38. The van der Waals surface area contributed by atoms with E-state index in [1.54, 1.807) is 0 Å². The lowest BCUT2D eigenvalue weighted by atomic mass is 10.1. The Labute approximate surface area is 111 Å². The molecule has 98 valence electrons. The summed E-state index contributed by atoms with van der Waals surface area (Å²) >= 11 is 1.25. The van der Waals surface area contributed by atoms with E-state index in [9.17, 15) is 5.11 Å². The lowest BCUT2D eigenvalue weighted by molar-refractivity contribution is 0.179. The van der Waals surface area contributed by atoms with Crippen molar-refractivity contribution in [2.45, 2.75) is 45.8 Å². The van der Waals surface area contributed by atoms with E-state index in [1.807, 2.05) is 23.9 Å². The number of hydrogen-bond acceptors (Lipinski definition) is 5. The zero-order chi connectivity index (χ0) is 13.1. The standard InChI is InChI=1S/C12H18N4OS/c1-4-8(2)16-6-5-10(14-16)7-11(17)12-9(3)13-15-18-12/h5-6,8,11,17H,4,7H2,1-3H3. The Morgan fingerprint density at radius 3 is 2.89 bits per heavy atom. The Hall–Kier alpha value is -1.27. The van der Waals surface area contributed by atoms with E-state index in [4.69, 9.17) is 0 Å². The smallest absolute Gasteiger partial charge is 0.0972 e. The van der Waals surface area contributed by atoms with Gasteiger partial charge >= 0.3 is 0 Å². The van der Waals surface area contributed by atoms with Crippen LogP contribution in [-0.4, -0.2) is 24.5 Å². The third-order valence-electron chi connectivity index (χ3n) is 3.10. The summed E-state index contributed by atoms with van der Waals surface area (Å²) < 4.78 is 5.78. The maximum atomic E-state index is 10.1. The third-order valence-corrected chi connectivity index (χ3v) is 4.03. The van der Waals surface area contributed by atoms with Crippen molar-refractivity contribution in [2.24, 2.45) is 0 Å². The molecule has 0 saturated heterocycles. The van der Waals surface area contributed by atoms with Crippen LogP contribution in [-0.2, 0) is 6.42 Å². The molecule has 2 rings (SSSR count). The third kappa shape index (κ3) is 2.76. The summed E-state index contributed by atoms with van der Waals surface area (Å²) in [6.45, 7) is 6.12. The van der Waals surface area contributed by atoms with Crippen molar-refractivity contribution in [1.29, 1.82) is 0 Å². The molecule has 0 fully saturated rings. The molecule has 2 aromatic heterocycles. The van der Waals surface area contributed by atoms with Gasteiger partial charge in [-0.1, -0.05) is 11.4 Å². The maximum absolute atomic E-state index is 10.1. The fraction of sp³-hybridized carbons (Fsp3) is 0.583. The Kier molecular flexibility index (Phi) is 4.08. The predicted octanol–water partition coefficient (Wildman–Crippen LogP) is 2.29. The van der Waals surface area contributed by atoms with Crippen LogP contribution >= 0.6 is 11.5 Å². The highest BCUT2D eigenvalue weighted by Crippen LogP contribution is 2.23. The summed E-state index contributed by atoms with van der Waals surface area (Å²) in [5.74, 6) is 0. The number of aliphatic hydroxyl groups is 1. The van der Waals surface area contributed by atoms with Gasteiger partial charge in [0.15, 0.2) is 0 Å². The first-order chi connectivity index (χ1) is 8.61. The maximum Gasteiger partial charge on any atom is 0.0972 e. The van der Waals surface area contributed by atoms with Crippen molar-refractivity contribution < 1.29 is 5.11 Å². The quantitative estimate of drug-likeness (QED) is 0.902. The molecule has 0 bridgehead atoms. The normalized spacial score (nSPS) is 14.7. The number of aromatic nitrogens is 4. The first-order valence-electron chi connectivity index (χ1n) is 6.12. The van der Waals surface area contributed by atoms with Crippen molar-refractivity contribution in [3.8, 4) is 0 Å². The van der Waals surface area contributed by atoms with Crippen molar-refractivity contribution in [2.75, 3.05) is 0 Å². The Morgan fingerprint density at radius 2 is 2.28 bits per heavy atom. The second-order valence-electron chi connectivity index (χ2n) is 4.49. The molecule has 0 aliphatic carbocycles. The molecule has 2 unspecified atom stereocenters. The number of aliphatic hydroxyl groups excluding tert-OH is 1. The number of aryl methyl sites for hydroxylation is 1. The first-order valence-corrected chi connectivity index (χ1v) is 6.90. The largest absolute Gasteiger partial charge is 0.387 e. The number of hydrogen-bond donors (Lipinski definition) is 1. The molecular formula is C12H18N4OS. The Bertz CT molecular complexity index is 508. The van der Waals surface area contributed by atoms with Crippen LogP contribution < -0.4 is 0 Å². The molecule has 5 nitrogen and oxygen atoms in total. The van der Waals surface area contributed by atoms with Gasteiger partial charge in [-0.3, -0.25) is 4.68 Å². The molecule has 0 aromatic carbocycles. The minimum atomic E-state index is -0.565. The molecular weight excluding hydrogens is 248 g/mol. The average Bonchev–Trinajstić information content (AvgIpc) is 2.97. The molecule has 18 heavy (non-hydrogen) atoms. The SMILES string of the molecule is CCC(C)n1ccc(CC(O)c2snnc2C)n1. The Balaban J connectivity index is 2.06. The second kappa shape index (κ2) is 5.58. The first kappa shape index (κ1) is 13.2. The molecule has 6 heteroatoms. The molecule has 0 radical (unpaired) electrons. The van der Waals surface area contributed by atoms with Crippen LogP contribution in [0.2, 0.25) is 0 Å². The number of rotatable bonds is 5. The van der Waals surface area contributed by atoms with Gasteiger partial charge in [-0.05, 0) is 37.9 Å². The van der Waals surface area contributed by atoms with Crippen LogP contribution in [0, 0.1) is 6.92 Å². The highest BCUT2D eigenvalue weighted by molar-refractivity contribution is 7.05. The van der Waals surface area contributed by atoms with Gasteiger partial charge < -0.3 is 5.11 Å². The summed E-state index contributed by atoms with van der Waals surface area (Å²) in [6, 6.07) is 2.35. The molecule has 2 atom stereocenters. The van der Waals surface area contributed by atoms with Gasteiger partial charge in [-0.2, -0.15) is 5.10 Å². The van der Waals surface area contributed by atoms with Crippen LogP contribution in [0.5, 0.6) is 0 Å². The summed E-state index contributed by atoms with van der Waals surface area (Å²) in [5, 5.41) is 18.5. The number of nitrogens with zero attached hydrogens (tertiary/aromatic N) is 4. The highest BCUT2D eigenvalue weighted by atomic mass is 32.1. The lowest BCUT2D eigenvalue weighted by Gasteiger charge is -2.09. The van der Waals surface area contributed by atoms with Gasteiger partial charge in [-0.15, -0.1) is 5.10 Å². The molecule has 2 aromatic rings. The van der Waals surface area contributed by atoms with Gasteiger partial charge in [0.25, 0.3) is 0 Å². The van der Waals surface area contributed by atoms with Crippen molar-refractivity contribution >= 4 is 11.5 Å². The van der Waals surface area contributed by atoms with Gasteiger partial charge in [0, 0.05) is 18.7 Å². The van der Waals surface area contributed by atoms with Crippen molar-refractivity contribution in [3.63, 3.8) is 0 Å². The van der Waals surface area contributed by atoms with Gasteiger partial charge in [0.2, 0.25) is 0 Å². The Morgan fingerprint density at radius 1 is 1.50 bits per heavy atom. The summed E-state index contributed by atoms with van der Waals surface area (Å²) in [5.41, 5.74) is 1.70. The average molecular weight is 266 g/mol. The molecule has 0 aliphatic heterocycles. The van der Waals surface area contributed by atoms with E-state index in [1.165, 1.54) is 11.5 Å².